The van der Waals surface area contributed by atoms with Gasteiger partial charge in [-0.05, 0) is 86.7 Å². The Balaban J connectivity index is 1.55. The molecular weight excluding hydrogens is 477 g/mol. The molecule has 1 atom stereocenters. The van der Waals surface area contributed by atoms with Crippen LogP contribution in [0.4, 0.5) is 24.5 Å². The van der Waals surface area contributed by atoms with Gasteiger partial charge in [0.1, 0.15) is 5.70 Å². The van der Waals surface area contributed by atoms with Crippen molar-refractivity contribution in [1.29, 1.82) is 5.26 Å². The Bertz CT molecular complexity index is 1200. The van der Waals surface area contributed by atoms with Crippen LogP contribution in [0.15, 0.2) is 72.5 Å². The van der Waals surface area contributed by atoms with Crippen molar-refractivity contribution in [3.8, 4) is 6.07 Å². The molecule has 2 aromatic carbocycles. The summed E-state index contributed by atoms with van der Waals surface area (Å²) < 4.78 is 39.7. The molecule has 4 rings (SSSR count). The minimum atomic E-state index is -4.69. The van der Waals surface area contributed by atoms with Gasteiger partial charge in [-0.1, -0.05) is 37.6 Å². The third kappa shape index (κ3) is 7.46. The van der Waals surface area contributed by atoms with Crippen LogP contribution < -0.4 is 10.6 Å². The number of anilines is 2. The molecule has 1 heterocycles. The van der Waals surface area contributed by atoms with Crippen LogP contribution in [0.3, 0.4) is 0 Å². The van der Waals surface area contributed by atoms with E-state index in [4.69, 9.17) is 5.26 Å². The lowest BCUT2D eigenvalue weighted by atomic mass is 9.98. The summed E-state index contributed by atoms with van der Waals surface area (Å²) in [5.74, 6) is 0.0774. The van der Waals surface area contributed by atoms with Crippen molar-refractivity contribution in [3.63, 3.8) is 0 Å². The average molecular weight is 509 g/mol. The topological polar surface area (TPSA) is 68.2 Å². The van der Waals surface area contributed by atoms with Crippen LogP contribution in [0.25, 0.3) is 0 Å². The van der Waals surface area contributed by atoms with Gasteiger partial charge in [-0.2, -0.15) is 18.4 Å². The summed E-state index contributed by atoms with van der Waals surface area (Å²) in [6.45, 7) is 5.16. The molecule has 0 radical (unpaired) electrons. The van der Waals surface area contributed by atoms with Gasteiger partial charge >= 0.3 is 6.18 Å². The molecule has 194 valence electrons. The van der Waals surface area contributed by atoms with Gasteiger partial charge in [0.15, 0.2) is 0 Å². The minimum Gasteiger partial charge on any atom is -0.351 e. The second kappa shape index (κ2) is 11.7. The van der Waals surface area contributed by atoms with Gasteiger partial charge in [-0.15, -0.1) is 0 Å². The normalized spacial score (nSPS) is 17.2. The number of alkyl halides is 3. The van der Waals surface area contributed by atoms with E-state index >= 15 is 0 Å². The third-order valence-electron chi connectivity index (χ3n) is 6.85. The standard InChI is InChI=1S/C29H31F3N4O/c1-20(29(30,31)32)16-26(34-24-8-4-6-22(17-24)19-33)28(37)35-25-9-5-7-23(18-25)27(13-12-21-10-11-21)36-14-2-3-15-36/h4-9,16-18,21,27,34H,1-3,10-15H2,(H,35,37)/b26-16-. The van der Waals surface area contributed by atoms with E-state index in [-0.39, 0.29) is 11.7 Å². The highest BCUT2D eigenvalue weighted by atomic mass is 19.4. The lowest BCUT2D eigenvalue weighted by molar-refractivity contribution is -0.112. The van der Waals surface area contributed by atoms with Crippen molar-refractivity contribution in [2.45, 2.75) is 50.7 Å². The van der Waals surface area contributed by atoms with Crippen molar-refractivity contribution in [1.82, 2.24) is 4.90 Å². The van der Waals surface area contributed by atoms with Crippen LogP contribution in [0.2, 0.25) is 0 Å². The van der Waals surface area contributed by atoms with Crippen LogP contribution in [0, 0.1) is 17.2 Å². The Morgan fingerprint density at radius 3 is 2.43 bits per heavy atom. The van der Waals surface area contributed by atoms with Crippen LogP contribution in [-0.4, -0.2) is 30.1 Å². The monoisotopic (exact) mass is 508 g/mol. The zero-order valence-corrected chi connectivity index (χ0v) is 20.7. The van der Waals surface area contributed by atoms with Crippen LogP contribution in [0.1, 0.15) is 55.7 Å². The maximum atomic E-state index is 13.2. The number of allylic oxidation sites excluding steroid dienone is 2. The number of benzene rings is 2. The number of nitrogens with one attached hydrogen (secondary N) is 2. The summed E-state index contributed by atoms with van der Waals surface area (Å²) in [5.41, 5.74) is 0.747. The van der Waals surface area contributed by atoms with E-state index in [2.05, 4.69) is 28.2 Å². The summed E-state index contributed by atoms with van der Waals surface area (Å²) in [5, 5.41) is 14.6. The number of nitriles is 1. The summed E-state index contributed by atoms with van der Waals surface area (Å²) in [4.78, 5) is 15.7. The lowest BCUT2D eigenvalue weighted by Crippen LogP contribution is -2.26. The van der Waals surface area contributed by atoms with E-state index in [0.717, 1.165) is 31.0 Å². The number of rotatable bonds is 10. The second-order valence-electron chi connectivity index (χ2n) is 9.76. The first kappa shape index (κ1) is 26.5. The molecule has 1 amide bonds. The van der Waals surface area contributed by atoms with E-state index < -0.39 is 17.7 Å². The van der Waals surface area contributed by atoms with E-state index in [1.165, 1.54) is 38.2 Å². The molecular formula is C29H31F3N4O. The molecule has 37 heavy (non-hydrogen) atoms. The molecule has 2 aromatic rings. The number of halogens is 3. The zero-order valence-electron chi connectivity index (χ0n) is 20.7. The van der Waals surface area contributed by atoms with E-state index in [9.17, 15) is 18.0 Å². The number of hydrogen-bond acceptors (Lipinski definition) is 4. The Hall–Kier alpha value is -3.57. The first-order valence-electron chi connectivity index (χ1n) is 12.6. The quantitative estimate of drug-likeness (QED) is 0.270. The predicted molar refractivity (Wildman–Crippen MR) is 139 cm³/mol. The molecule has 1 saturated carbocycles. The van der Waals surface area contributed by atoms with E-state index in [0.29, 0.717) is 23.0 Å². The van der Waals surface area contributed by atoms with Gasteiger partial charge in [0.2, 0.25) is 0 Å². The minimum absolute atomic E-state index is 0.256. The molecule has 0 aromatic heterocycles. The smallest absolute Gasteiger partial charge is 0.351 e. The summed E-state index contributed by atoms with van der Waals surface area (Å²) in [7, 11) is 0. The van der Waals surface area contributed by atoms with E-state index in [1.54, 1.807) is 24.3 Å². The second-order valence-corrected chi connectivity index (χ2v) is 9.76. The lowest BCUT2D eigenvalue weighted by Gasteiger charge is -2.28. The van der Waals surface area contributed by atoms with Gasteiger partial charge in [0.25, 0.3) is 5.91 Å². The van der Waals surface area contributed by atoms with Crippen molar-refractivity contribution in [3.05, 3.63) is 83.6 Å². The van der Waals surface area contributed by atoms with Gasteiger partial charge in [-0.25, -0.2) is 0 Å². The number of likely N-dealkylation sites (tertiary alicyclic amines) is 1. The SMILES string of the molecule is C=C(/C=C(\Nc1cccc(C#N)c1)C(=O)Nc1cccc(C(CCC2CC2)N2CCCC2)c1)C(F)(F)F. The number of carbonyl (C=O) groups excluding carboxylic acids is 1. The Morgan fingerprint density at radius 2 is 1.78 bits per heavy atom. The molecule has 2 fully saturated rings. The summed E-state index contributed by atoms with van der Waals surface area (Å²) in [6.07, 6.45) is 3.16. The van der Waals surface area contributed by atoms with Gasteiger partial charge in [0.05, 0.1) is 17.2 Å². The van der Waals surface area contributed by atoms with Crippen molar-refractivity contribution in [2.24, 2.45) is 5.92 Å². The Morgan fingerprint density at radius 1 is 1.11 bits per heavy atom. The van der Waals surface area contributed by atoms with Crippen LogP contribution >= 0.6 is 0 Å². The maximum absolute atomic E-state index is 13.2. The zero-order chi connectivity index (χ0) is 26.4. The molecule has 1 saturated heterocycles. The Labute approximate surface area is 215 Å². The Kier molecular flexibility index (Phi) is 8.34. The largest absolute Gasteiger partial charge is 0.415 e. The first-order valence-corrected chi connectivity index (χ1v) is 12.6. The molecule has 1 aliphatic carbocycles. The van der Waals surface area contributed by atoms with Crippen molar-refractivity contribution in [2.75, 3.05) is 23.7 Å². The average Bonchev–Trinajstić information content (AvgIpc) is 3.54. The fraction of sp³-hybridized carbons (Fsp3) is 0.379. The highest BCUT2D eigenvalue weighted by molar-refractivity contribution is 6.06. The van der Waals surface area contributed by atoms with Crippen molar-refractivity contribution >= 4 is 17.3 Å². The maximum Gasteiger partial charge on any atom is 0.415 e. The van der Waals surface area contributed by atoms with Gasteiger partial charge < -0.3 is 10.6 Å². The molecule has 2 N–H and O–H groups in total. The van der Waals surface area contributed by atoms with E-state index in [1.807, 2.05) is 18.2 Å². The fourth-order valence-electron chi connectivity index (χ4n) is 4.67. The summed E-state index contributed by atoms with van der Waals surface area (Å²) >= 11 is 0. The number of hydrogen-bond donors (Lipinski definition) is 2. The first-order chi connectivity index (χ1) is 17.7. The highest BCUT2D eigenvalue weighted by Crippen LogP contribution is 2.39. The predicted octanol–water partition coefficient (Wildman–Crippen LogP) is 6.94. The third-order valence-corrected chi connectivity index (χ3v) is 6.85. The molecule has 1 unspecified atom stereocenters. The molecule has 8 heteroatoms. The number of amides is 1. The summed E-state index contributed by atoms with van der Waals surface area (Å²) in [6, 6.07) is 16.0. The van der Waals surface area contributed by atoms with Crippen LogP contribution in [0.5, 0.6) is 0 Å². The van der Waals surface area contributed by atoms with Crippen molar-refractivity contribution < 1.29 is 18.0 Å². The fourth-order valence-corrected chi connectivity index (χ4v) is 4.67. The molecule has 5 nitrogen and oxygen atoms in total. The molecule has 0 bridgehead atoms. The van der Waals surface area contributed by atoms with Crippen LogP contribution in [-0.2, 0) is 4.79 Å². The number of nitrogens with zero attached hydrogens (tertiary/aromatic N) is 2. The molecule has 2 aliphatic rings. The molecule has 0 spiro atoms. The number of carbonyl (C=O) groups is 1. The molecule has 1 aliphatic heterocycles. The highest BCUT2D eigenvalue weighted by Gasteiger charge is 2.31. The van der Waals surface area contributed by atoms with Gasteiger partial charge in [-0.3, -0.25) is 9.69 Å². The van der Waals surface area contributed by atoms with Gasteiger partial charge in [0, 0.05) is 17.4 Å².